The average Bonchev–Trinajstić information content (AvgIpc) is 2.30. The van der Waals surface area contributed by atoms with Crippen LogP contribution in [0.4, 0.5) is 8.78 Å². The van der Waals surface area contributed by atoms with Crippen LogP contribution < -0.4 is 5.32 Å². The maximum atomic E-state index is 13.2. The molecule has 1 aliphatic rings. The van der Waals surface area contributed by atoms with E-state index >= 15 is 0 Å². The third-order valence-electron chi connectivity index (χ3n) is 3.14. The van der Waals surface area contributed by atoms with Crippen molar-refractivity contribution in [3.05, 3.63) is 35.4 Å². The van der Waals surface area contributed by atoms with Crippen LogP contribution in [0.3, 0.4) is 0 Å². The van der Waals surface area contributed by atoms with Crippen LogP contribution >= 0.6 is 0 Å². The first-order valence-corrected chi connectivity index (χ1v) is 5.95. The van der Waals surface area contributed by atoms with Gasteiger partial charge in [-0.25, -0.2) is 8.78 Å². The highest BCUT2D eigenvalue weighted by molar-refractivity contribution is 5.22. The summed E-state index contributed by atoms with van der Waals surface area (Å²) in [6.45, 7) is 0.723. The maximum absolute atomic E-state index is 13.2. The number of rotatable bonds is 3. The zero-order valence-electron chi connectivity index (χ0n) is 9.88. The number of hydrogen-bond acceptors (Lipinski definition) is 2. The fourth-order valence-corrected chi connectivity index (χ4v) is 2.35. The lowest BCUT2D eigenvalue weighted by Gasteiger charge is -2.30. The molecule has 1 aromatic rings. The van der Waals surface area contributed by atoms with Crippen molar-refractivity contribution in [2.75, 3.05) is 13.7 Å². The Kier molecular flexibility index (Phi) is 4.07. The van der Waals surface area contributed by atoms with E-state index < -0.39 is 11.6 Å². The predicted octanol–water partition coefficient (Wildman–Crippen LogP) is 2.79. The van der Waals surface area contributed by atoms with Crippen molar-refractivity contribution < 1.29 is 13.5 Å². The first-order valence-electron chi connectivity index (χ1n) is 5.95. The largest absolute Gasteiger partial charge is 0.376 e. The molecule has 1 saturated heterocycles. The van der Waals surface area contributed by atoms with Crippen LogP contribution in [0, 0.1) is 11.6 Å². The molecule has 0 aromatic heterocycles. The van der Waals surface area contributed by atoms with Crippen molar-refractivity contribution in [3.63, 3.8) is 0 Å². The number of ether oxygens (including phenoxy) is 1. The third kappa shape index (κ3) is 3.01. The van der Waals surface area contributed by atoms with Crippen LogP contribution in [0.15, 0.2) is 18.2 Å². The molecule has 94 valence electrons. The van der Waals surface area contributed by atoms with Crippen LogP contribution in [0.5, 0.6) is 0 Å². The van der Waals surface area contributed by atoms with Gasteiger partial charge in [0.25, 0.3) is 0 Å². The van der Waals surface area contributed by atoms with E-state index in [4.69, 9.17) is 4.74 Å². The van der Waals surface area contributed by atoms with Gasteiger partial charge in [-0.3, -0.25) is 0 Å². The van der Waals surface area contributed by atoms with Gasteiger partial charge in [-0.05, 0) is 44.0 Å². The summed E-state index contributed by atoms with van der Waals surface area (Å²) < 4.78 is 32.0. The summed E-state index contributed by atoms with van der Waals surface area (Å²) in [7, 11) is 1.78. The van der Waals surface area contributed by atoms with Crippen molar-refractivity contribution in [1.29, 1.82) is 0 Å². The Labute approximate surface area is 100.0 Å². The number of benzene rings is 1. The molecule has 1 heterocycles. The molecule has 0 amide bonds. The van der Waals surface area contributed by atoms with Gasteiger partial charge in [-0.1, -0.05) is 0 Å². The highest BCUT2D eigenvalue weighted by Gasteiger charge is 2.25. The zero-order valence-corrected chi connectivity index (χ0v) is 9.88. The lowest BCUT2D eigenvalue weighted by molar-refractivity contribution is -0.00671. The van der Waals surface area contributed by atoms with Gasteiger partial charge < -0.3 is 10.1 Å². The second-order valence-electron chi connectivity index (χ2n) is 4.37. The summed E-state index contributed by atoms with van der Waals surface area (Å²) in [5.41, 5.74) is 0.608. The molecule has 1 aromatic carbocycles. The van der Waals surface area contributed by atoms with E-state index in [2.05, 4.69) is 5.32 Å². The molecular weight excluding hydrogens is 224 g/mol. The molecule has 0 spiro atoms. The SMILES string of the molecule is CNC(c1cc(F)cc(F)c1)C1CCCCO1. The van der Waals surface area contributed by atoms with Crippen molar-refractivity contribution in [2.24, 2.45) is 0 Å². The Hall–Kier alpha value is -1.00. The Morgan fingerprint density at radius 2 is 1.94 bits per heavy atom. The Morgan fingerprint density at radius 1 is 1.24 bits per heavy atom. The van der Waals surface area contributed by atoms with Crippen LogP contribution in [0.25, 0.3) is 0 Å². The van der Waals surface area contributed by atoms with Crippen LogP contribution in [0.1, 0.15) is 30.9 Å². The van der Waals surface area contributed by atoms with E-state index in [1.165, 1.54) is 12.1 Å². The quantitative estimate of drug-likeness (QED) is 0.878. The minimum atomic E-state index is -0.545. The van der Waals surface area contributed by atoms with E-state index in [1.807, 2.05) is 0 Å². The molecule has 2 rings (SSSR count). The highest BCUT2D eigenvalue weighted by atomic mass is 19.1. The van der Waals surface area contributed by atoms with Crippen molar-refractivity contribution in [2.45, 2.75) is 31.4 Å². The average molecular weight is 241 g/mol. The van der Waals surface area contributed by atoms with E-state index in [0.717, 1.165) is 31.9 Å². The summed E-state index contributed by atoms with van der Waals surface area (Å²) >= 11 is 0. The van der Waals surface area contributed by atoms with Crippen LogP contribution in [-0.4, -0.2) is 19.8 Å². The maximum Gasteiger partial charge on any atom is 0.126 e. The summed E-state index contributed by atoms with van der Waals surface area (Å²) in [6.07, 6.45) is 3.07. The standard InChI is InChI=1S/C13H17F2NO/c1-16-13(12-4-2-3-5-17-12)9-6-10(14)8-11(15)7-9/h6-8,12-13,16H,2-5H2,1H3. The molecule has 0 aliphatic carbocycles. The smallest absolute Gasteiger partial charge is 0.126 e. The van der Waals surface area contributed by atoms with Gasteiger partial charge in [0.15, 0.2) is 0 Å². The second-order valence-corrected chi connectivity index (χ2v) is 4.37. The molecule has 0 bridgehead atoms. The van der Waals surface area contributed by atoms with Gasteiger partial charge in [0.1, 0.15) is 11.6 Å². The van der Waals surface area contributed by atoms with Crippen molar-refractivity contribution >= 4 is 0 Å². The topological polar surface area (TPSA) is 21.3 Å². The van der Waals surface area contributed by atoms with Gasteiger partial charge in [0.2, 0.25) is 0 Å². The molecule has 0 saturated carbocycles. The number of hydrogen-bond donors (Lipinski definition) is 1. The minimum Gasteiger partial charge on any atom is -0.376 e. The molecular formula is C13H17F2NO. The van der Waals surface area contributed by atoms with Gasteiger partial charge in [0, 0.05) is 12.7 Å². The summed E-state index contributed by atoms with van der Waals surface area (Å²) in [5, 5.41) is 3.08. The monoisotopic (exact) mass is 241 g/mol. The minimum absolute atomic E-state index is 0.00468. The Morgan fingerprint density at radius 3 is 2.47 bits per heavy atom. The van der Waals surface area contributed by atoms with Crippen molar-refractivity contribution in [1.82, 2.24) is 5.32 Å². The Balaban J connectivity index is 2.21. The lowest BCUT2D eigenvalue weighted by atomic mass is 9.95. The van der Waals surface area contributed by atoms with Gasteiger partial charge >= 0.3 is 0 Å². The molecule has 4 heteroatoms. The first kappa shape index (κ1) is 12.5. The fourth-order valence-electron chi connectivity index (χ4n) is 2.35. The number of halogens is 2. The lowest BCUT2D eigenvalue weighted by Crippen LogP contribution is -2.34. The van der Waals surface area contributed by atoms with E-state index in [1.54, 1.807) is 7.05 Å². The molecule has 2 atom stereocenters. The number of likely N-dealkylation sites (N-methyl/N-ethyl adjacent to an activating group) is 1. The molecule has 17 heavy (non-hydrogen) atoms. The van der Waals surface area contributed by atoms with E-state index in [0.29, 0.717) is 5.56 Å². The van der Waals surface area contributed by atoms with Crippen LogP contribution in [0.2, 0.25) is 0 Å². The highest BCUT2D eigenvalue weighted by Crippen LogP contribution is 2.27. The van der Waals surface area contributed by atoms with Crippen molar-refractivity contribution in [3.8, 4) is 0 Å². The Bertz CT molecular complexity index is 357. The zero-order chi connectivity index (χ0) is 12.3. The van der Waals surface area contributed by atoms with Crippen LogP contribution in [-0.2, 0) is 4.74 Å². The summed E-state index contributed by atoms with van der Waals surface area (Å²) in [5.74, 6) is -1.09. The van der Waals surface area contributed by atoms with E-state index in [9.17, 15) is 8.78 Å². The molecule has 0 radical (unpaired) electrons. The molecule has 1 aliphatic heterocycles. The number of nitrogens with one attached hydrogen (secondary N) is 1. The van der Waals surface area contributed by atoms with Gasteiger partial charge in [-0.2, -0.15) is 0 Å². The molecule has 1 N–H and O–H groups in total. The van der Waals surface area contributed by atoms with E-state index in [-0.39, 0.29) is 12.1 Å². The normalized spacial score (nSPS) is 22.4. The summed E-state index contributed by atoms with van der Waals surface area (Å²) in [6, 6.07) is 3.46. The summed E-state index contributed by atoms with van der Waals surface area (Å²) in [4.78, 5) is 0. The molecule has 1 fully saturated rings. The molecule has 2 unspecified atom stereocenters. The van der Waals surface area contributed by atoms with Gasteiger partial charge in [0.05, 0.1) is 12.1 Å². The molecule has 2 nitrogen and oxygen atoms in total. The van der Waals surface area contributed by atoms with Gasteiger partial charge in [-0.15, -0.1) is 0 Å². The third-order valence-corrected chi connectivity index (χ3v) is 3.14. The second kappa shape index (κ2) is 5.56. The predicted molar refractivity (Wildman–Crippen MR) is 61.7 cm³/mol. The fraction of sp³-hybridized carbons (Fsp3) is 0.538. The first-order chi connectivity index (χ1) is 8.20.